The van der Waals surface area contributed by atoms with Crippen molar-refractivity contribution in [1.29, 1.82) is 0 Å². The van der Waals surface area contributed by atoms with E-state index in [1.54, 1.807) is 29.4 Å². The van der Waals surface area contributed by atoms with E-state index < -0.39 is 0 Å². The van der Waals surface area contributed by atoms with E-state index in [0.29, 0.717) is 44.7 Å². The van der Waals surface area contributed by atoms with Gasteiger partial charge < -0.3 is 15.1 Å². The van der Waals surface area contributed by atoms with Gasteiger partial charge in [0.1, 0.15) is 0 Å². The summed E-state index contributed by atoms with van der Waals surface area (Å²) in [6, 6.07) is 24.2. The molecule has 202 valence electrons. The van der Waals surface area contributed by atoms with Crippen LogP contribution in [0, 0.1) is 0 Å². The number of hydrogen-bond donors (Lipinski definition) is 1. The molecule has 1 aromatic heterocycles. The fraction of sp³-hybridized carbons (Fsp3) is 0.355. The molecule has 0 saturated carbocycles. The quantitative estimate of drug-likeness (QED) is 0.464. The van der Waals surface area contributed by atoms with Gasteiger partial charge in [-0.05, 0) is 29.7 Å². The van der Waals surface area contributed by atoms with Gasteiger partial charge in [-0.25, -0.2) is 0 Å². The summed E-state index contributed by atoms with van der Waals surface area (Å²) in [5.41, 5.74) is 2.89. The molecule has 5 rings (SSSR count). The molecule has 1 N–H and O–H groups in total. The first-order valence-electron chi connectivity index (χ1n) is 13.7. The highest BCUT2D eigenvalue weighted by atomic mass is 16.2. The molecular formula is C31H35N5O3. The Labute approximate surface area is 229 Å². The van der Waals surface area contributed by atoms with Crippen LogP contribution in [0.3, 0.4) is 0 Å². The summed E-state index contributed by atoms with van der Waals surface area (Å²) >= 11 is 0. The van der Waals surface area contributed by atoms with Gasteiger partial charge in [0.15, 0.2) is 0 Å². The normalized spacial score (nSPS) is 18.0. The summed E-state index contributed by atoms with van der Waals surface area (Å²) in [6.45, 7) is 3.29. The highest BCUT2D eigenvalue weighted by Crippen LogP contribution is 2.32. The molecule has 0 aliphatic carbocycles. The number of nitrogens with one attached hydrogen (secondary N) is 1. The number of hydrogen-bond acceptors (Lipinski definition) is 5. The zero-order chi connectivity index (χ0) is 27.0. The van der Waals surface area contributed by atoms with E-state index in [9.17, 15) is 14.4 Å². The van der Waals surface area contributed by atoms with Crippen molar-refractivity contribution in [2.75, 3.05) is 39.3 Å². The van der Waals surface area contributed by atoms with Crippen molar-refractivity contribution >= 4 is 17.7 Å². The number of rotatable bonds is 9. The van der Waals surface area contributed by atoms with Gasteiger partial charge in [-0.1, -0.05) is 60.7 Å². The average Bonchev–Trinajstić information content (AvgIpc) is 3.41. The van der Waals surface area contributed by atoms with Crippen molar-refractivity contribution in [2.45, 2.75) is 31.3 Å². The lowest BCUT2D eigenvalue weighted by atomic mass is 9.94. The summed E-state index contributed by atoms with van der Waals surface area (Å²) in [4.78, 5) is 48.3. The molecule has 0 radical (unpaired) electrons. The van der Waals surface area contributed by atoms with Crippen molar-refractivity contribution in [3.8, 4) is 0 Å². The lowest BCUT2D eigenvalue weighted by molar-refractivity contribution is -0.128. The van der Waals surface area contributed by atoms with Crippen LogP contribution in [0.4, 0.5) is 0 Å². The van der Waals surface area contributed by atoms with E-state index in [4.69, 9.17) is 0 Å². The first-order valence-corrected chi connectivity index (χ1v) is 13.7. The summed E-state index contributed by atoms with van der Waals surface area (Å²) < 4.78 is 0. The summed E-state index contributed by atoms with van der Waals surface area (Å²) in [7, 11) is 0. The molecule has 0 spiro atoms. The zero-order valence-corrected chi connectivity index (χ0v) is 22.1. The molecule has 1 unspecified atom stereocenters. The maximum Gasteiger partial charge on any atom is 0.255 e. The van der Waals surface area contributed by atoms with Gasteiger partial charge in [-0.3, -0.25) is 24.3 Å². The fourth-order valence-electron chi connectivity index (χ4n) is 5.59. The average molecular weight is 526 g/mol. The molecule has 2 aliphatic heterocycles. The maximum absolute atomic E-state index is 13.3. The van der Waals surface area contributed by atoms with Crippen LogP contribution in [0.15, 0.2) is 85.2 Å². The van der Waals surface area contributed by atoms with Gasteiger partial charge in [0.05, 0.1) is 11.6 Å². The van der Waals surface area contributed by atoms with Crippen LogP contribution in [0.5, 0.6) is 0 Å². The van der Waals surface area contributed by atoms with Gasteiger partial charge in [0, 0.05) is 70.5 Å². The molecule has 3 heterocycles. The number of carbonyl (C=O) groups is 3. The molecular weight excluding hydrogens is 490 g/mol. The Balaban J connectivity index is 1.36. The number of carbonyl (C=O) groups excluding carboxylic acids is 3. The number of nitrogens with zero attached hydrogens (tertiary/aromatic N) is 4. The lowest BCUT2D eigenvalue weighted by Gasteiger charge is -2.45. The largest absolute Gasteiger partial charge is 0.354 e. The van der Waals surface area contributed by atoms with E-state index in [-0.39, 0.29) is 36.2 Å². The van der Waals surface area contributed by atoms with Crippen LogP contribution in [-0.2, 0) is 9.59 Å². The molecule has 3 aromatic rings. The number of pyridine rings is 1. The molecule has 39 heavy (non-hydrogen) atoms. The Morgan fingerprint density at radius 2 is 1.64 bits per heavy atom. The van der Waals surface area contributed by atoms with Gasteiger partial charge in [-0.15, -0.1) is 0 Å². The molecule has 1 atom stereocenters. The van der Waals surface area contributed by atoms with Crippen LogP contribution >= 0.6 is 0 Å². The van der Waals surface area contributed by atoms with Crippen molar-refractivity contribution in [3.63, 3.8) is 0 Å². The Hall–Kier alpha value is -4.04. The Bertz CT molecular complexity index is 1220. The number of amides is 3. The topological polar surface area (TPSA) is 85.8 Å². The van der Waals surface area contributed by atoms with Crippen molar-refractivity contribution < 1.29 is 14.4 Å². The SMILES string of the molecule is O=C(CCN1CCCC1=O)NCC1CN(C(=O)c2cccnc2)CCN1C(c1ccccc1)c1ccccc1. The van der Waals surface area contributed by atoms with E-state index in [1.807, 2.05) is 41.3 Å². The second-order valence-corrected chi connectivity index (χ2v) is 10.1. The lowest BCUT2D eigenvalue weighted by Crippen LogP contribution is -2.59. The third kappa shape index (κ3) is 6.52. The van der Waals surface area contributed by atoms with E-state index in [1.165, 1.54) is 11.1 Å². The third-order valence-corrected chi connectivity index (χ3v) is 7.60. The second kappa shape index (κ2) is 12.7. The van der Waals surface area contributed by atoms with Crippen LogP contribution in [0.2, 0.25) is 0 Å². The molecule has 2 aromatic carbocycles. The van der Waals surface area contributed by atoms with Crippen molar-refractivity contribution in [2.24, 2.45) is 0 Å². The minimum atomic E-state index is -0.109. The monoisotopic (exact) mass is 525 g/mol. The van der Waals surface area contributed by atoms with Crippen molar-refractivity contribution in [1.82, 2.24) is 25.0 Å². The van der Waals surface area contributed by atoms with Crippen LogP contribution in [-0.4, -0.2) is 82.7 Å². The van der Waals surface area contributed by atoms with Gasteiger partial charge >= 0.3 is 0 Å². The molecule has 2 fully saturated rings. The molecule has 2 aliphatic rings. The molecule has 2 saturated heterocycles. The summed E-state index contributed by atoms with van der Waals surface area (Å²) in [5, 5.41) is 3.11. The van der Waals surface area contributed by atoms with Crippen molar-refractivity contribution in [3.05, 3.63) is 102 Å². The molecule has 3 amide bonds. The number of piperazine rings is 1. The summed E-state index contributed by atoms with van der Waals surface area (Å²) in [5.74, 6) is -0.0108. The number of aromatic nitrogens is 1. The van der Waals surface area contributed by atoms with E-state index >= 15 is 0 Å². The first-order chi connectivity index (χ1) is 19.1. The van der Waals surface area contributed by atoms with E-state index in [2.05, 4.69) is 39.5 Å². The fourth-order valence-corrected chi connectivity index (χ4v) is 5.59. The highest BCUT2D eigenvalue weighted by Gasteiger charge is 2.35. The van der Waals surface area contributed by atoms with Gasteiger partial charge in [-0.2, -0.15) is 0 Å². The predicted octanol–water partition coefficient (Wildman–Crippen LogP) is 3.13. The van der Waals surface area contributed by atoms with E-state index in [0.717, 1.165) is 13.0 Å². The minimum absolute atomic E-state index is 0.0211. The van der Waals surface area contributed by atoms with Crippen LogP contribution in [0.25, 0.3) is 0 Å². The molecule has 8 nitrogen and oxygen atoms in total. The smallest absolute Gasteiger partial charge is 0.255 e. The zero-order valence-electron chi connectivity index (χ0n) is 22.1. The highest BCUT2D eigenvalue weighted by molar-refractivity contribution is 5.94. The van der Waals surface area contributed by atoms with Gasteiger partial charge in [0.25, 0.3) is 5.91 Å². The number of benzene rings is 2. The Morgan fingerprint density at radius 3 is 2.26 bits per heavy atom. The second-order valence-electron chi connectivity index (χ2n) is 10.1. The Kier molecular flexibility index (Phi) is 8.63. The maximum atomic E-state index is 13.3. The van der Waals surface area contributed by atoms with Crippen LogP contribution < -0.4 is 5.32 Å². The predicted molar refractivity (Wildman–Crippen MR) is 149 cm³/mol. The Morgan fingerprint density at radius 1 is 0.923 bits per heavy atom. The van der Waals surface area contributed by atoms with Crippen LogP contribution in [0.1, 0.15) is 46.8 Å². The summed E-state index contributed by atoms with van der Waals surface area (Å²) in [6.07, 6.45) is 4.96. The number of likely N-dealkylation sites (tertiary alicyclic amines) is 1. The first kappa shape index (κ1) is 26.6. The molecule has 0 bridgehead atoms. The standard InChI is InChI=1S/C31H35N5O3/c37-28(15-18-34-17-8-14-29(34)38)33-22-27-23-35(31(39)26-13-7-16-32-21-26)19-20-36(27)30(24-9-3-1-4-10-24)25-11-5-2-6-12-25/h1-7,9-13,16,21,27,30H,8,14-15,17-20,22-23H2,(H,33,37). The minimum Gasteiger partial charge on any atom is -0.354 e. The third-order valence-electron chi connectivity index (χ3n) is 7.60. The van der Waals surface area contributed by atoms with Gasteiger partial charge in [0.2, 0.25) is 11.8 Å². The molecule has 8 heteroatoms.